The Balaban J connectivity index is 2.48. The van der Waals surface area contributed by atoms with E-state index < -0.39 is 5.91 Å². The standard InChI is InChI=1S/C11H8BrN3O/c12-8-3-1-2-7(4-8)9-5-10(11(13)16)15-6-14-9/h1-6H,(H2,13,16). The smallest absolute Gasteiger partial charge is 0.267 e. The Labute approximate surface area is 101 Å². The molecule has 0 radical (unpaired) electrons. The molecule has 5 heteroatoms. The molecule has 0 spiro atoms. The van der Waals surface area contributed by atoms with E-state index >= 15 is 0 Å². The summed E-state index contributed by atoms with van der Waals surface area (Å²) in [4.78, 5) is 18.9. The van der Waals surface area contributed by atoms with Gasteiger partial charge in [-0.15, -0.1) is 0 Å². The summed E-state index contributed by atoms with van der Waals surface area (Å²) in [5, 5.41) is 0. The first-order chi connectivity index (χ1) is 7.66. The van der Waals surface area contributed by atoms with E-state index in [0.717, 1.165) is 10.0 Å². The predicted octanol–water partition coefficient (Wildman–Crippen LogP) is 2.00. The van der Waals surface area contributed by atoms with Gasteiger partial charge in [0.15, 0.2) is 0 Å². The van der Waals surface area contributed by atoms with Crippen molar-refractivity contribution in [1.82, 2.24) is 9.97 Å². The van der Waals surface area contributed by atoms with Crippen molar-refractivity contribution in [2.24, 2.45) is 5.73 Å². The van der Waals surface area contributed by atoms with Crippen molar-refractivity contribution in [2.75, 3.05) is 0 Å². The lowest BCUT2D eigenvalue weighted by Crippen LogP contribution is -2.13. The van der Waals surface area contributed by atoms with Crippen molar-refractivity contribution >= 4 is 21.8 Å². The Morgan fingerprint density at radius 2 is 2.06 bits per heavy atom. The highest BCUT2D eigenvalue weighted by atomic mass is 79.9. The molecule has 0 saturated heterocycles. The van der Waals surface area contributed by atoms with Gasteiger partial charge in [-0.1, -0.05) is 28.1 Å². The number of carbonyl (C=O) groups is 1. The third-order valence-electron chi connectivity index (χ3n) is 2.04. The lowest BCUT2D eigenvalue weighted by Gasteiger charge is -2.02. The SMILES string of the molecule is NC(=O)c1cc(-c2cccc(Br)c2)ncn1. The number of carbonyl (C=O) groups excluding carboxylic acids is 1. The first kappa shape index (κ1) is 10.8. The number of primary amides is 1. The molecule has 1 aromatic heterocycles. The van der Waals surface area contributed by atoms with Crippen molar-refractivity contribution in [3.63, 3.8) is 0 Å². The molecule has 0 aliphatic heterocycles. The van der Waals surface area contributed by atoms with Gasteiger partial charge >= 0.3 is 0 Å². The molecule has 0 unspecified atom stereocenters. The number of amides is 1. The maximum Gasteiger partial charge on any atom is 0.267 e. The van der Waals surface area contributed by atoms with Crippen molar-refractivity contribution in [2.45, 2.75) is 0 Å². The second-order valence-electron chi connectivity index (χ2n) is 3.16. The summed E-state index contributed by atoms with van der Waals surface area (Å²) in [6, 6.07) is 9.19. The molecule has 0 aliphatic rings. The number of benzene rings is 1. The predicted molar refractivity (Wildman–Crippen MR) is 63.7 cm³/mol. The van der Waals surface area contributed by atoms with Gasteiger partial charge in [-0.2, -0.15) is 0 Å². The molecule has 1 heterocycles. The zero-order valence-electron chi connectivity index (χ0n) is 8.22. The van der Waals surface area contributed by atoms with E-state index in [4.69, 9.17) is 5.73 Å². The van der Waals surface area contributed by atoms with Crippen LogP contribution in [-0.2, 0) is 0 Å². The van der Waals surface area contributed by atoms with E-state index in [1.807, 2.05) is 24.3 Å². The van der Waals surface area contributed by atoms with Gasteiger partial charge in [0.25, 0.3) is 5.91 Å². The Morgan fingerprint density at radius 3 is 2.75 bits per heavy atom. The normalized spacial score (nSPS) is 10.1. The van der Waals surface area contributed by atoms with Crippen molar-refractivity contribution < 1.29 is 4.79 Å². The maximum atomic E-state index is 11.0. The fourth-order valence-corrected chi connectivity index (χ4v) is 1.70. The van der Waals surface area contributed by atoms with E-state index in [9.17, 15) is 4.79 Å². The average molecular weight is 278 g/mol. The molecule has 2 aromatic rings. The van der Waals surface area contributed by atoms with Crippen LogP contribution in [0.2, 0.25) is 0 Å². The lowest BCUT2D eigenvalue weighted by atomic mass is 10.1. The Kier molecular flexibility index (Phi) is 2.96. The molecule has 0 aliphatic carbocycles. The highest BCUT2D eigenvalue weighted by Gasteiger charge is 2.05. The molecule has 0 bridgehead atoms. The van der Waals surface area contributed by atoms with E-state index in [-0.39, 0.29) is 5.69 Å². The van der Waals surface area contributed by atoms with E-state index in [2.05, 4.69) is 25.9 Å². The van der Waals surface area contributed by atoms with Gasteiger partial charge in [-0.3, -0.25) is 4.79 Å². The van der Waals surface area contributed by atoms with Crippen LogP contribution in [-0.4, -0.2) is 15.9 Å². The van der Waals surface area contributed by atoms with E-state index in [1.165, 1.54) is 6.33 Å². The van der Waals surface area contributed by atoms with Crippen LogP contribution < -0.4 is 5.73 Å². The van der Waals surface area contributed by atoms with Gasteiger partial charge in [-0.05, 0) is 18.2 Å². The first-order valence-corrected chi connectivity index (χ1v) is 5.34. The van der Waals surface area contributed by atoms with Crippen LogP contribution in [0, 0.1) is 0 Å². The largest absolute Gasteiger partial charge is 0.364 e. The minimum absolute atomic E-state index is 0.213. The summed E-state index contributed by atoms with van der Waals surface area (Å²) in [7, 11) is 0. The van der Waals surface area contributed by atoms with Gasteiger partial charge in [0.1, 0.15) is 12.0 Å². The minimum Gasteiger partial charge on any atom is -0.364 e. The Bertz CT molecular complexity index is 542. The third kappa shape index (κ3) is 2.25. The summed E-state index contributed by atoms with van der Waals surface area (Å²) in [5.74, 6) is -0.557. The number of hydrogen-bond acceptors (Lipinski definition) is 3. The lowest BCUT2D eigenvalue weighted by molar-refractivity contribution is 0.0995. The molecule has 1 amide bonds. The average Bonchev–Trinajstić information content (AvgIpc) is 2.29. The highest BCUT2D eigenvalue weighted by Crippen LogP contribution is 2.20. The molecule has 4 nitrogen and oxygen atoms in total. The van der Waals surface area contributed by atoms with Gasteiger partial charge < -0.3 is 5.73 Å². The summed E-state index contributed by atoms with van der Waals surface area (Å²) in [6.07, 6.45) is 1.33. The monoisotopic (exact) mass is 277 g/mol. The molecule has 16 heavy (non-hydrogen) atoms. The molecule has 2 rings (SSSR count). The van der Waals surface area contributed by atoms with Gasteiger partial charge in [-0.25, -0.2) is 9.97 Å². The van der Waals surface area contributed by atoms with Crippen LogP contribution >= 0.6 is 15.9 Å². The molecular formula is C11H8BrN3O. The molecular weight excluding hydrogens is 270 g/mol. The quantitative estimate of drug-likeness (QED) is 0.913. The molecule has 0 atom stereocenters. The van der Waals surface area contributed by atoms with Gasteiger partial charge in [0, 0.05) is 10.0 Å². The number of halogens is 1. The highest BCUT2D eigenvalue weighted by molar-refractivity contribution is 9.10. The van der Waals surface area contributed by atoms with Crippen LogP contribution in [0.3, 0.4) is 0 Å². The van der Waals surface area contributed by atoms with Crippen LogP contribution in [0.5, 0.6) is 0 Å². The maximum absolute atomic E-state index is 11.0. The van der Waals surface area contributed by atoms with Crippen molar-refractivity contribution in [3.05, 3.63) is 46.8 Å². The second-order valence-corrected chi connectivity index (χ2v) is 4.08. The van der Waals surface area contributed by atoms with E-state index in [0.29, 0.717) is 5.69 Å². The third-order valence-corrected chi connectivity index (χ3v) is 2.53. The van der Waals surface area contributed by atoms with Crippen LogP contribution in [0.15, 0.2) is 41.1 Å². The Morgan fingerprint density at radius 1 is 1.25 bits per heavy atom. The molecule has 0 saturated carbocycles. The number of aromatic nitrogens is 2. The van der Waals surface area contributed by atoms with Gasteiger partial charge in [0.2, 0.25) is 0 Å². The number of rotatable bonds is 2. The fourth-order valence-electron chi connectivity index (χ4n) is 1.30. The first-order valence-electron chi connectivity index (χ1n) is 4.54. The van der Waals surface area contributed by atoms with E-state index in [1.54, 1.807) is 6.07 Å². The summed E-state index contributed by atoms with van der Waals surface area (Å²) in [6.45, 7) is 0. The number of nitrogens with zero attached hydrogens (tertiary/aromatic N) is 2. The van der Waals surface area contributed by atoms with Crippen LogP contribution in [0.1, 0.15) is 10.5 Å². The second kappa shape index (κ2) is 4.40. The molecule has 80 valence electrons. The summed E-state index contributed by atoms with van der Waals surface area (Å²) in [5.41, 5.74) is 6.94. The van der Waals surface area contributed by atoms with Crippen molar-refractivity contribution in [1.29, 1.82) is 0 Å². The fraction of sp³-hybridized carbons (Fsp3) is 0. The van der Waals surface area contributed by atoms with Gasteiger partial charge in [0.05, 0.1) is 5.69 Å². The molecule has 1 aromatic carbocycles. The summed E-state index contributed by atoms with van der Waals surface area (Å²) < 4.78 is 0.948. The van der Waals surface area contributed by atoms with Crippen LogP contribution in [0.4, 0.5) is 0 Å². The van der Waals surface area contributed by atoms with Crippen LogP contribution in [0.25, 0.3) is 11.3 Å². The van der Waals surface area contributed by atoms with Crippen molar-refractivity contribution in [3.8, 4) is 11.3 Å². The minimum atomic E-state index is -0.557. The molecule has 0 fully saturated rings. The topological polar surface area (TPSA) is 68.9 Å². The summed E-state index contributed by atoms with van der Waals surface area (Å²) >= 11 is 3.37. The zero-order chi connectivity index (χ0) is 11.5. The number of hydrogen-bond donors (Lipinski definition) is 1. The zero-order valence-corrected chi connectivity index (χ0v) is 9.81. The Hall–Kier alpha value is -1.75. The number of nitrogens with two attached hydrogens (primary N) is 1. The molecule has 2 N–H and O–H groups in total.